The molecular formula is C31H22Cl2N4O3. The Bertz CT molecular complexity index is 1780. The number of hydrogen-bond donors (Lipinski definition) is 0. The zero-order chi connectivity index (χ0) is 27.7. The summed E-state index contributed by atoms with van der Waals surface area (Å²) in [4.78, 5) is 27.0. The molecule has 0 radical (unpaired) electrons. The van der Waals surface area contributed by atoms with E-state index >= 15 is 0 Å². The second-order valence-electron chi connectivity index (χ2n) is 8.45. The van der Waals surface area contributed by atoms with Gasteiger partial charge in [0.05, 0.1) is 21.6 Å². The molecule has 0 aliphatic rings. The molecule has 0 saturated heterocycles. The molecule has 40 heavy (non-hydrogen) atoms. The van der Waals surface area contributed by atoms with Crippen LogP contribution in [0.1, 0.15) is 11.3 Å². The molecule has 0 saturated carbocycles. The highest BCUT2D eigenvalue weighted by Crippen LogP contribution is 2.33. The number of rotatable bonds is 9. The third-order valence-corrected chi connectivity index (χ3v) is 6.21. The summed E-state index contributed by atoms with van der Waals surface area (Å²) in [6.07, 6.45) is 10.3. The lowest BCUT2D eigenvalue weighted by Crippen LogP contribution is -2.21. The van der Waals surface area contributed by atoms with Crippen molar-refractivity contribution in [3.05, 3.63) is 141 Å². The lowest BCUT2D eigenvalue weighted by atomic mass is 10.1. The maximum absolute atomic E-state index is 12.8. The average molecular weight is 569 g/mol. The van der Waals surface area contributed by atoms with E-state index in [1.807, 2.05) is 60.7 Å². The van der Waals surface area contributed by atoms with Crippen molar-refractivity contribution in [2.24, 2.45) is 5.16 Å². The summed E-state index contributed by atoms with van der Waals surface area (Å²) in [6.45, 7) is -0.111. The van der Waals surface area contributed by atoms with Gasteiger partial charge >= 0.3 is 0 Å². The number of halogens is 2. The molecule has 0 amide bonds. The van der Waals surface area contributed by atoms with Crippen molar-refractivity contribution in [3.8, 4) is 11.5 Å². The summed E-state index contributed by atoms with van der Waals surface area (Å²) in [5.41, 5.74) is 2.41. The van der Waals surface area contributed by atoms with Gasteiger partial charge in [0.1, 0.15) is 23.5 Å². The molecule has 0 fully saturated rings. The van der Waals surface area contributed by atoms with Crippen LogP contribution in [0.5, 0.6) is 11.5 Å². The van der Waals surface area contributed by atoms with Crippen molar-refractivity contribution in [3.63, 3.8) is 0 Å². The molecule has 2 aromatic heterocycles. The molecule has 0 unspecified atom stereocenters. The molecule has 3 aromatic carbocycles. The molecule has 5 aromatic rings. The third kappa shape index (κ3) is 6.83. The SMILES string of the molecule is O=c1c2ccccc2ncn1CO/N=C(\C=C\c1ccccn1)/C=C/c1ccccc1Oc1ccc(Cl)cc1Cl. The van der Waals surface area contributed by atoms with Gasteiger partial charge in [-0.25, -0.2) is 4.98 Å². The first-order valence-electron chi connectivity index (χ1n) is 12.2. The molecule has 0 spiro atoms. The normalized spacial score (nSPS) is 11.9. The van der Waals surface area contributed by atoms with Gasteiger partial charge in [-0.1, -0.05) is 64.8 Å². The first-order valence-corrected chi connectivity index (χ1v) is 13.0. The molecule has 198 valence electrons. The zero-order valence-corrected chi connectivity index (χ0v) is 22.5. The first kappa shape index (κ1) is 26.9. The zero-order valence-electron chi connectivity index (χ0n) is 21.0. The lowest BCUT2D eigenvalue weighted by Gasteiger charge is -2.10. The Hall–Kier alpha value is -4.72. The van der Waals surface area contributed by atoms with Gasteiger partial charge < -0.3 is 9.57 Å². The van der Waals surface area contributed by atoms with Gasteiger partial charge in [0.2, 0.25) is 0 Å². The second-order valence-corrected chi connectivity index (χ2v) is 9.29. The summed E-state index contributed by atoms with van der Waals surface area (Å²) in [5.74, 6) is 1.07. The van der Waals surface area contributed by atoms with Crippen LogP contribution in [0.2, 0.25) is 10.0 Å². The molecular weight excluding hydrogens is 547 g/mol. The number of benzene rings is 3. The van der Waals surface area contributed by atoms with Crippen molar-refractivity contribution in [1.29, 1.82) is 0 Å². The third-order valence-electron chi connectivity index (χ3n) is 5.68. The molecule has 0 aliphatic heterocycles. The van der Waals surface area contributed by atoms with Gasteiger partial charge in [-0.3, -0.25) is 14.3 Å². The minimum absolute atomic E-state index is 0.111. The van der Waals surface area contributed by atoms with E-state index in [-0.39, 0.29) is 12.3 Å². The molecule has 7 nitrogen and oxygen atoms in total. The van der Waals surface area contributed by atoms with E-state index in [1.165, 1.54) is 10.9 Å². The van der Waals surface area contributed by atoms with Crippen molar-refractivity contribution in [2.75, 3.05) is 0 Å². The Balaban J connectivity index is 1.40. The summed E-state index contributed by atoms with van der Waals surface area (Å²) in [5, 5.41) is 5.69. The standard InChI is InChI=1S/C31H22Cl2N4O3/c32-23-13-17-30(27(33)19-23)40-29-11-4-1-7-22(29)12-14-25(16-15-24-8-5-6-18-34-24)36-39-21-37-20-35-28-10-3-2-9-26(28)31(37)38/h1-20H,21H2/b14-12+,16-15+,36-25-. The van der Waals surface area contributed by atoms with Crippen molar-refractivity contribution >= 4 is 52.0 Å². The second kappa shape index (κ2) is 12.9. The fourth-order valence-electron chi connectivity index (χ4n) is 3.69. The molecule has 0 atom stereocenters. The van der Waals surface area contributed by atoms with Gasteiger partial charge in [0.25, 0.3) is 5.56 Å². The minimum Gasteiger partial charge on any atom is -0.455 e. The first-order chi connectivity index (χ1) is 19.6. The van der Waals surface area contributed by atoms with Crippen LogP contribution >= 0.6 is 23.2 Å². The van der Waals surface area contributed by atoms with E-state index < -0.39 is 0 Å². The summed E-state index contributed by atoms with van der Waals surface area (Å²) < 4.78 is 7.41. The van der Waals surface area contributed by atoms with E-state index in [4.69, 9.17) is 32.8 Å². The maximum atomic E-state index is 12.8. The highest BCUT2D eigenvalue weighted by atomic mass is 35.5. The molecule has 5 rings (SSSR count). The monoisotopic (exact) mass is 568 g/mol. The summed E-state index contributed by atoms with van der Waals surface area (Å²) >= 11 is 12.3. The molecule has 9 heteroatoms. The van der Waals surface area contributed by atoms with Crippen LogP contribution in [0, 0.1) is 0 Å². The van der Waals surface area contributed by atoms with Crippen molar-refractivity contribution in [1.82, 2.24) is 14.5 Å². The predicted octanol–water partition coefficient (Wildman–Crippen LogP) is 7.65. The van der Waals surface area contributed by atoms with Crippen LogP contribution in [0.4, 0.5) is 0 Å². The highest BCUT2D eigenvalue weighted by Gasteiger charge is 2.07. The van der Waals surface area contributed by atoms with Crippen LogP contribution in [0.15, 0.2) is 120 Å². The molecule has 0 N–H and O–H groups in total. The smallest absolute Gasteiger partial charge is 0.264 e. The maximum Gasteiger partial charge on any atom is 0.264 e. The lowest BCUT2D eigenvalue weighted by molar-refractivity contribution is 0.0816. The Morgan fingerprint density at radius 1 is 0.875 bits per heavy atom. The highest BCUT2D eigenvalue weighted by molar-refractivity contribution is 6.35. The van der Waals surface area contributed by atoms with Gasteiger partial charge in [-0.15, -0.1) is 0 Å². The van der Waals surface area contributed by atoms with Crippen LogP contribution in [0.3, 0.4) is 0 Å². The van der Waals surface area contributed by atoms with Gasteiger partial charge in [0.15, 0.2) is 6.73 Å². The Morgan fingerprint density at radius 3 is 2.52 bits per heavy atom. The topological polar surface area (TPSA) is 78.6 Å². The number of ether oxygens (including phenoxy) is 1. The Morgan fingerprint density at radius 2 is 1.68 bits per heavy atom. The van der Waals surface area contributed by atoms with Crippen molar-refractivity contribution < 1.29 is 9.57 Å². The van der Waals surface area contributed by atoms with Crippen LogP contribution in [-0.4, -0.2) is 20.2 Å². The molecule has 0 aliphatic carbocycles. The molecule has 0 bridgehead atoms. The number of hydrogen-bond acceptors (Lipinski definition) is 6. The summed E-state index contributed by atoms with van der Waals surface area (Å²) in [7, 11) is 0. The Labute approximate surface area is 240 Å². The van der Waals surface area contributed by atoms with Crippen molar-refractivity contribution in [2.45, 2.75) is 6.73 Å². The average Bonchev–Trinajstić information content (AvgIpc) is 2.98. The van der Waals surface area contributed by atoms with E-state index in [2.05, 4.69) is 15.1 Å². The number of allylic oxidation sites excluding steroid dienone is 2. The fraction of sp³-hybridized carbons (Fsp3) is 0.0323. The number of oxime groups is 1. The predicted molar refractivity (Wildman–Crippen MR) is 160 cm³/mol. The number of fused-ring (bicyclic) bond motifs is 1. The summed E-state index contributed by atoms with van der Waals surface area (Å²) in [6, 6.07) is 25.3. The van der Waals surface area contributed by atoms with E-state index in [0.29, 0.717) is 38.2 Å². The fourth-order valence-corrected chi connectivity index (χ4v) is 4.14. The van der Waals surface area contributed by atoms with Gasteiger partial charge in [0, 0.05) is 16.8 Å². The number of aromatic nitrogens is 3. The number of pyridine rings is 1. The van der Waals surface area contributed by atoms with Gasteiger partial charge in [-0.2, -0.15) is 0 Å². The molecule has 2 heterocycles. The van der Waals surface area contributed by atoms with E-state index in [1.54, 1.807) is 54.7 Å². The van der Waals surface area contributed by atoms with Gasteiger partial charge in [-0.05, 0) is 72.8 Å². The quantitative estimate of drug-likeness (QED) is 0.135. The Kier molecular flexibility index (Phi) is 8.66. The number of nitrogens with zero attached hydrogens (tertiary/aromatic N) is 4. The largest absolute Gasteiger partial charge is 0.455 e. The van der Waals surface area contributed by atoms with Crippen LogP contribution in [-0.2, 0) is 11.6 Å². The van der Waals surface area contributed by atoms with E-state index in [0.717, 1.165) is 11.3 Å². The minimum atomic E-state index is -0.214. The van der Waals surface area contributed by atoms with E-state index in [9.17, 15) is 4.79 Å². The van der Waals surface area contributed by atoms with Crippen LogP contribution < -0.4 is 10.3 Å². The number of para-hydroxylation sites is 2. The van der Waals surface area contributed by atoms with Crippen LogP contribution in [0.25, 0.3) is 23.1 Å².